The van der Waals surface area contributed by atoms with Crippen molar-refractivity contribution in [3.8, 4) is 5.75 Å². The molecule has 0 fully saturated rings. The van der Waals surface area contributed by atoms with E-state index in [0.29, 0.717) is 12.1 Å². The molecule has 104 valence electrons. The minimum absolute atomic E-state index is 0.0880. The van der Waals surface area contributed by atoms with Gasteiger partial charge in [-0.3, -0.25) is 4.79 Å². The Hall–Kier alpha value is -2.33. The summed E-state index contributed by atoms with van der Waals surface area (Å²) < 4.78 is 0. The van der Waals surface area contributed by atoms with Gasteiger partial charge in [0.15, 0.2) is 0 Å². The van der Waals surface area contributed by atoms with E-state index in [0.717, 1.165) is 17.7 Å². The molecule has 0 atom stereocenters. The number of carbonyl (C=O) groups is 1. The van der Waals surface area contributed by atoms with Crippen LogP contribution in [-0.4, -0.2) is 24.6 Å². The summed E-state index contributed by atoms with van der Waals surface area (Å²) in [6.07, 6.45) is 0.808. The average molecular weight is 270 g/mol. The van der Waals surface area contributed by atoms with Crippen molar-refractivity contribution in [2.24, 2.45) is 5.73 Å². The molecule has 2 aromatic carbocycles. The van der Waals surface area contributed by atoms with Crippen molar-refractivity contribution in [2.75, 3.05) is 18.5 Å². The Morgan fingerprint density at radius 2 is 1.70 bits per heavy atom. The zero-order chi connectivity index (χ0) is 14.5. The number of benzene rings is 2. The number of phenols is 1. The Morgan fingerprint density at radius 1 is 1.10 bits per heavy atom. The second-order valence-corrected chi connectivity index (χ2v) is 4.62. The van der Waals surface area contributed by atoms with Crippen molar-refractivity contribution in [3.63, 3.8) is 0 Å². The van der Waals surface area contributed by atoms with Crippen LogP contribution >= 0.6 is 0 Å². The summed E-state index contributed by atoms with van der Waals surface area (Å²) in [7, 11) is 1.71. The molecular weight excluding hydrogens is 252 g/mol. The second kappa shape index (κ2) is 6.21. The lowest BCUT2D eigenvalue weighted by atomic mass is 10.1. The van der Waals surface area contributed by atoms with Gasteiger partial charge in [-0.1, -0.05) is 12.1 Å². The highest BCUT2D eigenvalue weighted by Crippen LogP contribution is 2.19. The zero-order valence-electron chi connectivity index (χ0n) is 11.4. The van der Waals surface area contributed by atoms with E-state index in [4.69, 9.17) is 5.73 Å². The Bertz CT molecular complexity index is 576. The van der Waals surface area contributed by atoms with E-state index >= 15 is 0 Å². The number of carbonyl (C=O) groups excluding carboxylic acids is 1. The van der Waals surface area contributed by atoms with Crippen LogP contribution in [0.3, 0.4) is 0 Å². The maximum absolute atomic E-state index is 12.3. The zero-order valence-corrected chi connectivity index (χ0v) is 11.4. The van der Waals surface area contributed by atoms with Gasteiger partial charge in [0.25, 0.3) is 5.91 Å². The average Bonchev–Trinajstić information content (AvgIpc) is 2.48. The van der Waals surface area contributed by atoms with Gasteiger partial charge in [-0.25, -0.2) is 0 Å². The van der Waals surface area contributed by atoms with Gasteiger partial charge in [-0.15, -0.1) is 0 Å². The number of anilines is 1. The van der Waals surface area contributed by atoms with Gasteiger partial charge in [-0.05, 0) is 54.9 Å². The number of hydrogen-bond acceptors (Lipinski definition) is 3. The molecule has 0 unspecified atom stereocenters. The quantitative estimate of drug-likeness (QED) is 0.894. The SMILES string of the molecule is CN(C(=O)c1ccc(CCN)cc1)c1ccc(O)cc1. The predicted octanol–water partition coefficient (Wildman–Crippen LogP) is 2.17. The fraction of sp³-hybridized carbons (Fsp3) is 0.188. The van der Waals surface area contributed by atoms with Crippen LogP contribution < -0.4 is 10.6 Å². The lowest BCUT2D eigenvalue weighted by Crippen LogP contribution is -2.26. The molecular formula is C16H18N2O2. The smallest absolute Gasteiger partial charge is 0.258 e. The minimum atomic E-state index is -0.0880. The fourth-order valence-corrected chi connectivity index (χ4v) is 1.97. The fourth-order valence-electron chi connectivity index (χ4n) is 1.97. The molecule has 20 heavy (non-hydrogen) atoms. The van der Waals surface area contributed by atoms with Gasteiger partial charge in [0.2, 0.25) is 0 Å². The molecule has 0 aliphatic carbocycles. The van der Waals surface area contributed by atoms with Crippen molar-refractivity contribution in [1.29, 1.82) is 0 Å². The third kappa shape index (κ3) is 3.16. The van der Waals surface area contributed by atoms with Crippen LogP contribution in [0.2, 0.25) is 0 Å². The van der Waals surface area contributed by atoms with E-state index in [1.54, 1.807) is 36.2 Å². The monoisotopic (exact) mass is 270 g/mol. The Labute approximate surface area is 118 Å². The minimum Gasteiger partial charge on any atom is -0.508 e. The first-order chi connectivity index (χ1) is 9.61. The van der Waals surface area contributed by atoms with Crippen LogP contribution in [-0.2, 0) is 6.42 Å². The lowest BCUT2D eigenvalue weighted by Gasteiger charge is -2.17. The third-order valence-electron chi connectivity index (χ3n) is 3.18. The molecule has 1 amide bonds. The third-order valence-corrected chi connectivity index (χ3v) is 3.18. The molecule has 0 aliphatic heterocycles. The number of nitrogens with two attached hydrogens (primary N) is 1. The molecule has 4 heteroatoms. The Balaban J connectivity index is 2.15. The number of phenolic OH excluding ortho intramolecular Hbond substituents is 1. The standard InChI is InChI=1S/C16H18N2O2/c1-18(14-6-8-15(19)9-7-14)16(20)13-4-2-12(3-5-13)10-11-17/h2-9,19H,10-11,17H2,1H3. The van der Waals surface area contributed by atoms with Crippen LogP contribution in [0.4, 0.5) is 5.69 Å². The largest absolute Gasteiger partial charge is 0.508 e. The number of rotatable bonds is 4. The van der Waals surface area contributed by atoms with Crippen molar-refractivity contribution < 1.29 is 9.90 Å². The molecule has 4 nitrogen and oxygen atoms in total. The molecule has 0 heterocycles. The highest BCUT2D eigenvalue weighted by molar-refractivity contribution is 6.05. The van der Waals surface area contributed by atoms with Crippen molar-refractivity contribution in [1.82, 2.24) is 0 Å². The van der Waals surface area contributed by atoms with Gasteiger partial charge in [0, 0.05) is 18.3 Å². The Kier molecular flexibility index (Phi) is 4.38. The van der Waals surface area contributed by atoms with E-state index in [9.17, 15) is 9.90 Å². The van der Waals surface area contributed by atoms with Gasteiger partial charge in [0.05, 0.1) is 0 Å². The maximum Gasteiger partial charge on any atom is 0.258 e. The van der Waals surface area contributed by atoms with E-state index < -0.39 is 0 Å². The molecule has 0 aromatic heterocycles. The Morgan fingerprint density at radius 3 is 2.25 bits per heavy atom. The molecule has 0 bridgehead atoms. The van der Waals surface area contributed by atoms with Crippen molar-refractivity contribution in [2.45, 2.75) is 6.42 Å². The lowest BCUT2D eigenvalue weighted by molar-refractivity contribution is 0.0993. The number of amides is 1. The van der Waals surface area contributed by atoms with Crippen LogP contribution in [0.1, 0.15) is 15.9 Å². The van der Waals surface area contributed by atoms with Gasteiger partial charge < -0.3 is 15.7 Å². The highest BCUT2D eigenvalue weighted by Gasteiger charge is 2.13. The van der Waals surface area contributed by atoms with Crippen molar-refractivity contribution in [3.05, 3.63) is 59.7 Å². The molecule has 2 aromatic rings. The van der Waals surface area contributed by atoms with Gasteiger partial charge in [0.1, 0.15) is 5.75 Å². The number of aromatic hydroxyl groups is 1. The summed E-state index contributed by atoms with van der Waals surface area (Å²) in [6.45, 7) is 0.598. The summed E-state index contributed by atoms with van der Waals surface area (Å²) in [5, 5.41) is 9.26. The summed E-state index contributed by atoms with van der Waals surface area (Å²) in [5.74, 6) is 0.0933. The first-order valence-corrected chi connectivity index (χ1v) is 6.48. The molecule has 0 aliphatic rings. The number of hydrogen-bond donors (Lipinski definition) is 2. The first-order valence-electron chi connectivity index (χ1n) is 6.48. The molecule has 0 saturated heterocycles. The molecule has 0 spiro atoms. The molecule has 3 N–H and O–H groups in total. The van der Waals surface area contributed by atoms with Crippen LogP contribution in [0.25, 0.3) is 0 Å². The van der Waals surface area contributed by atoms with E-state index in [1.165, 1.54) is 0 Å². The topological polar surface area (TPSA) is 66.6 Å². The molecule has 2 rings (SSSR count). The van der Waals surface area contributed by atoms with Crippen LogP contribution in [0.5, 0.6) is 5.75 Å². The van der Waals surface area contributed by atoms with Crippen LogP contribution in [0, 0.1) is 0 Å². The normalized spacial score (nSPS) is 10.3. The maximum atomic E-state index is 12.3. The van der Waals surface area contributed by atoms with Gasteiger partial charge in [-0.2, -0.15) is 0 Å². The number of nitrogens with zero attached hydrogens (tertiary/aromatic N) is 1. The summed E-state index contributed by atoms with van der Waals surface area (Å²) in [6, 6.07) is 14.0. The highest BCUT2D eigenvalue weighted by atomic mass is 16.3. The first kappa shape index (κ1) is 14.1. The molecule has 0 saturated carbocycles. The van der Waals surface area contributed by atoms with Crippen LogP contribution in [0.15, 0.2) is 48.5 Å². The van der Waals surface area contributed by atoms with Gasteiger partial charge >= 0.3 is 0 Å². The van der Waals surface area contributed by atoms with E-state index in [2.05, 4.69) is 0 Å². The van der Waals surface area contributed by atoms with E-state index in [-0.39, 0.29) is 11.7 Å². The summed E-state index contributed by atoms with van der Waals surface area (Å²) in [4.78, 5) is 13.9. The summed E-state index contributed by atoms with van der Waals surface area (Å²) >= 11 is 0. The summed E-state index contributed by atoms with van der Waals surface area (Å²) in [5.41, 5.74) is 7.98. The van der Waals surface area contributed by atoms with Crippen molar-refractivity contribution >= 4 is 11.6 Å². The second-order valence-electron chi connectivity index (χ2n) is 4.62. The molecule has 0 radical (unpaired) electrons. The van der Waals surface area contributed by atoms with E-state index in [1.807, 2.05) is 24.3 Å². The predicted molar refractivity (Wildman–Crippen MR) is 80.0 cm³/mol.